The van der Waals surface area contributed by atoms with Crippen LogP contribution in [0.15, 0.2) is 34.6 Å². The number of benzene rings is 1. The van der Waals surface area contributed by atoms with Gasteiger partial charge in [-0.25, -0.2) is 4.39 Å². The monoisotopic (exact) mass is 237 g/mol. The quantitative estimate of drug-likeness (QED) is 0.361. The summed E-state index contributed by atoms with van der Waals surface area (Å²) >= 11 is 0. The molecule has 2 rings (SSSR count). The Kier molecular flexibility index (Phi) is 3.22. The van der Waals surface area contributed by atoms with Gasteiger partial charge in [-0.1, -0.05) is 22.4 Å². The Morgan fingerprint density at radius 1 is 1.53 bits per heavy atom. The lowest BCUT2D eigenvalue weighted by Gasteiger charge is -2.05. The average molecular weight is 237 g/mol. The van der Waals surface area contributed by atoms with E-state index >= 15 is 0 Å². The predicted molar refractivity (Wildman–Crippen MR) is 60.5 cm³/mol. The highest BCUT2D eigenvalue weighted by Crippen LogP contribution is 2.19. The van der Waals surface area contributed by atoms with Crippen LogP contribution in [0, 0.1) is 5.82 Å². The van der Waals surface area contributed by atoms with Crippen LogP contribution >= 0.6 is 0 Å². The van der Waals surface area contributed by atoms with Crippen LogP contribution in [0.2, 0.25) is 0 Å². The average Bonchev–Trinajstić information content (AvgIpc) is 2.78. The maximum Gasteiger partial charge on any atom is 0.142 e. The van der Waals surface area contributed by atoms with E-state index in [-0.39, 0.29) is 17.8 Å². The van der Waals surface area contributed by atoms with E-state index in [1.807, 2.05) is 0 Å². The van der Waals surface area contributed by atoms with Crippen LogP contribution in [0.4, 0.5) is 4.39 Å². The van der Waals surface area contributed by atoms with Gasteiger partial charge >= 0.3 is 0 Å². The van der Waals surface area contributed by atoms with Gasteiger partial charge in [0, 0.05) is 12.8 Å². The highest BCUT2D eigenvalue weighted by atomic mass is 19.1. The molecule has 1 unspecified atom stereocenters. The molecule has 0 spiro atoms. The number of hydrogen-bond donors (Lipinski definition) is 2. The van der Waals surface area contributed by atoms with Crippen molar-refractivity contribution in [3.8, 4) is 0 Å². The molecule has 0 radical (unpaired) electrons. The molecule has 1 aromatic carbocycles. The molecule has 1 aliphatic heterocycles. The van der Waals surface area contributed by atoms with Crippen molar-refractivity contribution in [1.29, 1.82) is 0 Å². The molecule has 0 aliphatic carbocycles. The Morgan fingerprint density at radius 3 is 2.88 bits per heavy atom. The summed E-state index contributed by atoms with van der Waals surface area (Å²) in [7, 11) is 0. The predicted octanol–water partition coefficient (Wildman–Crippen LogP) is 1.46. The summed E-state index contributed by atoms with van der Waals surface area (Å²) in [6, 6.07) is 6.02. The second-order valence-corrected chi connectivity index (χ2v) is 3.77. The van der Waals surface area contributed by atoms with E-state index in [4.69, 9.17) is 15.8 Å². The number of halogens is 1. The number of amidine groups is 1. The van der Waals surface area contributed by atoms with Gasteiger partial charge in [-0.3, -0.25) is 0 Å². The summed E-state index contributed by atoms with van der Waals surface area (Å²) in [6.45, 7) is 0. The summed E-state index contributed by atoms with van der Waals surface area (Å²) in [5.41, 5.74) is 6.93. The van der Waals surface area contributed by atoms with E-state index in [2.05, 4.69) is 10.3 Å². The third-order valence-corrected chi connectivity index (χ3v) is 2.48. The van der Waals surface area contributed by atoms with E-state index in [0.717, 1.165) is 11.3 Å². The zero-order valence-electron chi connectivity index (χ0n) is 9.01. The lowest BCUT2D eigenvalue weighted by molar-refractivity contribution is 0.0901. The highest BCUT2D eigenvalue weighted by molar-refractivity contribution is 6.01. The first-order valence-corrected chi connectivity index (χ1v) is 5.14. The van der Waals surface area contributed by atoms with E-state index in [1.54, 1.807) is 12.1 Å². The summed E-state index contributed by atoms with van der Waals surface area (Å²) in [4.78, 5) is 5.14. The molecule has 0 aromatic heterocycles. The molecule has 1 aliphatic rings. The first kappa shape index (κ1) is 11.4. The summed E-state index contributed by atoms with van der Waals surface area (Å²) < 4.78 is 12.7. The van der Waals surface area contributed by atoms with Gasteiger partial charge in [-0.05, 0) is 17.7 Å². The van der Waals surface area contributed by atoms with Crippen LogP contribution in [-0.4, -0.2) is 22.9 Å². The zero-order valence-corrected chi connectivity index (χ0v) is 9.01. The maximum atomic E-state index is 12.7. The minimum Gasteiger partial charge on any atom is -0.409 e. The van der Waals surface area contributed by atoms with Crippen molar-refractivity contribution in [3.05, 3.63) is 35.6 Å². The van der Waals surface area contributed by atoms with Gasteiger partial charge in [0.1, 0.15) is 17.8 Å². The van der Waals surface area contributed by atoms with Crippen LogP contribution < -0.4 is 5.73 Å². The van der Waals surface area contributed by atoms with Gasteiger partial charge in [0.15, 0.2) is 0 Å². The third-order valence-electron chi connectivity index (χ3n) is 2.48. The molecule has 5 nitrogen and oxygen atoms in total. The molecule has 1 atom stereocenters. The van der Waals surface area contributed by atoms with E-state index < -0.39 is 0 Å². The lowest BCUT2D eigenvalue weighted by Crippen LogP contribution is -2.20. The number of nitrogens with two attached hydrogens (primary N) is 1. The second-order valence-electron chi connectivity index (χ2n) is 3.77. The maximum absolute atomic E-state index is 12.7. The van der Waals surface area contributed by atoms with Gasteiger partial charge in [0.25, 0.3) is 0 Å². The number of hydrogen-bond acceptors (Lipinski definition) is 4. The fraction of sp³-hybridized carbons (Fsp3) is 0.273. The molecule has 1 heterocycles. The smallest absolute Gasteiger partial charge is 0.142 e. The normalized spacial score (nSPS) is 19.9. The van der Waals surface area contributed by atoms with Gasteiger partial charge < -0.3 is 15.8 Å². The Balaban J connectivity index is 2.00. The van der Waals surface area contributed by atoms with E-state index in [1.165, 1.54) is 12.1 Å². The van der Waals surface area contributed by atoms with Gasteiger partial charge in [0.05, 0.1) is 5.71 Å². The van der Waals surface area contributed by atoms with Crippen LogP contribution in [0.3, 0.4) is 0 Å². The molecule has 0 saturated carbocycles. The van der Waals surface area contributed by atoms with Crippen LogP contribution in [0.25, 0.3) is 0 Å². The van der Waals surface area contributed by atoms with E-state index in [9.17, 15) is 4.39 Å². The molecule has 0 fully saturated rings. The summed E-state index contributed by atoms with van der Waals surface area (Å²) in [6.07, 6.45) is 0.637. The Labute approximate surface area is 97.4 Å². The van der Waals surface area contributed by atoms with Crippen molar-refractivity contribution in [2.75, 3.05) is 0 Å². The molecule has 0 bridgehead atoms. The summed E-state index contributed by atoms with van der Waals surface area (Å²) in [5, 5.41) is 15.2. The van der Waals surface area contributed by atoms with Crippen LogP contribution in [-0.2, 0) is 4.84 Å². The number of nitrogens with zero attached hydrogens (tertiary/aromatic N) is 2. The third kappa shape index (κ3) is 2.72. The molecule has 6 heteroatoms. The Morgan fingerprint density at radius 2 is 2.24 bits per heavy atom. The molecule has 90 valence electrons. The topological polar surface area (TPSA) is 80.2 Å². The van der Waals surface area contributed by atoms with E-state index in [0.29, 0.717) is 12.8 Å². The minimum absolute atomic E-state index is 0.102. The summed E-state index contributed by atoms with van der Waals surface area (Å²) in [5.74, 6) is -0.188. The van der Waals surface area contributed by atoms with Gasteiger partial charge in [-0.2, -0.15) is 0 Å². The Bertz CT molecular complexity index is 456. The van der Waals surface area contributed by atoms with Crippen molar-refractivity contribution in [2.24, 2.45) is 16.0 Å². The molecule has 3 N–H and O–H groups in total. The Hall–Kier alpha value is -2.11. The molecule has 0 amide bonds. The van der Waals surface area contributed by atoms with Crippen LogP contribution in [0.1, 0.15) is 18.4 Å². The molecule has 0 saturated heterocycles. The number of oxime groups is 2. The standard InChI is InChI=1S/C11H12FN3O2/c12-8-3-1-7(2-4-8)10-5-9(17-15-10)6-11(13)14-16/h1-4,9,16H,5-6H2,(H2,13,14). The number of rotatable bonds is 3. The zero-order chi connectivity index (χ0) is 12.3. The first-order chi connectivity index (χ1) is 8.19. The fourth-order valence-corrected chi connectivity index (χ4v) is 1.62. The van der Waals surface area contributed by atoms with Gasteiger partial charge in [-0.15, -0.1) is 0 Å². The van der Waals surface area contributed by atoms with Crippen molar-refractivity contribution in [2.45, 2.75) is 18.9 Å². The lowest BCUT2D eigenvalue weighted by atomic mass is 10.0. The fourth-order valence-electron chi connectivity index (χ4n) is 1.62. The van der Waals surface area contributed by atoms with Crippen molar-refractivity contribution in [3.63, 3.8) is 0 Å². The SMILES string of the molecule is N/C(CC1CC(c2ccc(F)cc2)=NO1)=N\O. The first-order valence-electron chi connectivity index (χ1n) is 5.14. The van der Waals surface area contributed by atoms with Crippen molar-refractivity contribution >= 4 is 11.5 Å². The second kappa shape index (κ2) is 4.82. The molecule has 17 heavy (non-hydrogen) atoms. The van der Waals surface area contributed by atoms with Crippen LogP contribution in [0.5, 0.6) is 0 Å². The van der Waals surface area contributed by atoms with Crippen molar-refractivity contribution < 1.29 is 14.4 Å². The highest BCUT2D eigenvalue weighted by Gasteiger charge is 2.23. The van der Waals surface area contributed by atoms with Crippen molar-refractivity contribution in [1.82, 2.24) is 0 Å². The largest absolute Gasteiger partial charge is 0.409 e. The molecule has 1 aromatic rings. The minimum atomic E-state index is -0.290. The molecular formula is C11H12FN3O2. The van der Waals surface area contributed by atoms with Gasteiger partial charge in [0.2, 0.25) is 0 Å². The molecular weight excluding hydrogens is 225 g/mol.